The number of hydrogen-bond donors (Lipinski definition) is 2. The molecule has 4 nitrogen and oxygen atoms in total. The van der Waals surface area contributed by atoms with Crippen molar-refractivity contribution >= 4 is 23.1 Å². The monoisotopic (exact) mass is 248 g/mol. The zero-order chi connectivity index (χ0) is 12.1. The maximum Gasteiger partial charge on any atom is 0.224 e. The van der Waals surface area contributed by atoms with Crippen molar-refractivity contribution in [1.29, 1.82) is 0 Å². The maximum atomic E-state index is 4.33. The lowest BCUT2D eigenvalue weighted by atomic mass is 10.1. The van der Waals surface area contributed by atoms with Crippen LogP contribution in [0.15, 0.2) is 29.1 Å². The molecule has 0 aliphatic carbocycles. The summed E-state index contributed by atoms with van der Waals surface area (Å²) in [7, 11) is 1.81. The molecule has 0 saturated carbocycles. The van der Waals surface area contributed by atoms with E-state index in [0.29, 0.717) is 12.0 Å². The molecular formula is C12H16N4S. The fourth-order valence-electron chi connectivity index (χ4n) is 1.63. The molecule has 2 heterocycles. The Labute approximate surface area is 105 Å². The molecule has 0 spiro atoms. The summed E-state index contributed by atoms with van der Waals surface area (Å²) >= 11 is 1.73. The van der Waals surface area contributed by atoms with Gasteiger partial charge in [-0.2, -0.15) is 16.3 Å². The van der Waals surface area contributed by atoms with Crippen molar-refractivity contribution in [2.75, 3.05) is 17.7 Å². The van der Waals surface area contributed by atoms with Crippen LogP contribution >= 0.6 is 11.3 Å². The van der Waals surface area contributed by atoms with Crippen molar-refractivity contribution in [2.24, 2.45) is 0 Å². The van der Waals surface area contributed by atoms with Crippen molar-refractivity contribution in [2.45, 2.75) is 19.4 Å². The number of nitrogens with one attached hydrogen (secondary N) is 2. The quantitative estimate of drug-likeness (QED) is 0.854. The van der Waals surface area contributed by atoms with E-state index in [0.717, 1.165) is 12.2 Å². The van der Waals surface area contributed by atoms with Crippen LogP contribution in [-0.2, 0) is 6.42 Å². The molecule has 2 rings (SSSR count). The molecule has 5 heteroatoms. The first kappa shape index (κ1) is 11.9. The van der Waals surface area contributed by atoms with Crippen LogP contribution in [0.25, 0.3) is 0 Å². The second-order valence-corrected chi connectivity index (χ2v) is 4.68. The second-order valence-electron chi connectivity index (χ2n) is 3.90. The molecule has 0 radical (unpaired) electrons. The largest absolute Gasteiger partial charge is 0.367 e. The SMILES string of the molecule is CNc1nccc(NC(C)Cc2ccsc2)n1. The van der Waals surface area contributed by atoms with Crippen LogP contribution in [-0.4, -0.2) is 23.1 Å². The minimum atomic E-state index is 0.351. The van der Waals surface area contributed by atoms with Gasteiger partial charge in [-0.25, -0.2) is 4.98 Å². The van der Waals surface area contributed by atoms with Gasteiger partial charge in [0.15, 0.2) is 0 Å². The third-order valence-corrected chi connectivity index (χ3v) is 3.13. The van der Waals surface area contributed by atoms with Crippen LogP contribution in [0.5, 0.6) is 0 Å². The van der Waals surface area contributed by atoms with Crippen LogP contribution in [0.4, 0.5) is 11.8 Å². The Morgan fingerprint density at radius 3 is 3.00 bits per heavy atom. The summed E-state index contributed by atoms with van der Waals surface area (Å²) in [5, 5.41) is 10.6. The third-order valence-electron chi connectivity index (χ3n) is 2.40. The van der Waals surface area contributed by atoms with Gasteiger partial charge in [0.1, 0.15) is 5.82 Å². The van der Waals surface area contributed by atoms with E-state index in [1.807, 2.05) is 13.1 Å². The van der Waals surface area contributed by atoms with Gasteiger partial charge in [0.2, 0.25) is 5.95 Å². The number of aromatic nitrogens is 2. The Balaban J connectivity index is 1.95. The van der Waals surface area contributed by atoms with E-state index in [9.17, 15) is 0 Å². The molecule has 0 bridgehead atoms. The Morgan fingerprint density at radius 1 is 1.41 bits per heavy atom. The first-order valence-electron chi connectivity index (χ1n) is 5.56. The minimum absolute atomic E-state index is 0.351. The highest BCUT2D eigenvalue weighted by Crippen LogP contribution is 2.12. The van der Waals surface area contributed by atoms with E-state index in [1.165, 1.54) is 5.56 Å². The number of rotatable bonds is 5. The van der Waals surface area contributed by atoms with Gasteiger partial charge >= 0.3 is 0 Å². The molecule has 0 fully saturated rings. The number of hydrogen-bond acceptors (Lipinski definition) is 5. The van der Waals surface area contributed by atoms with E-state index in [4.69, 9.17) is 0 Å². The fraction of sp³-hybridized carbons (Fsp3) is 0.333. The highest BCUT2D eigenvalue weighted by atomic mass is 32.1. The predicted octanol–water partition coefficient (Wildman–Crippen LogP) is 2.62. The standard InChI is InChI=1S/C12H16N4S/c1-9(7-10-4-6-17-8-10)15-11-3-5-14-12(13-2)16-11/h3-6,8-9H,7H2,1-2H3,(H2,13,14,15,16). The summed E-state index contributed by atoms with van der Waals surface area (Å²) < 4.78 is 0. The number of anilines is 2. The Kier molecular flexibility index (Phi) is 3.93. The van der Waals surface area contributed by atoms with Crippen LogP contribution < -0.4 is 10.6 Å². The topological polar surface area (TPSA) is 49.8 Å². The normalized spacial score (nSPS) is 12.1. The molecule has 0 aliphatic heterocycles. The van der Waals surface area contributed by atoms with E-state index in [-0.39, 0.29) is 0 Å². The molecule has 0 saturated heterocycles. The van der Waals surface area contributed by atoms with Gasteiger partial charge < -0.3 is 10.6 Å². The van der Waals surface area contributed by atoms with Gasteiger partial charge in [-0.1, -0.05) is 0 Å². The van der Waals surface area contributed by atoms with Gasteiger partial charge in [0.25, 0.3) is 0 Å². The summed E-state index contributed by atoms with van der Waals surface area (Å²) in [6, 6.07) is 4.39. The zero-order valence-electron chi connectivity index (χ0n) is 9.97. The Morgan fingerprint density at radius 2 is 2.29 bits per heavy atom. The van der Waals surface area contributed by atoms with Gasteiger partial charge in [0.05, 0.1) is 0 Å². The van der Waals surface area contributed by atoms with Crippen LogP contribution in [0.1, 0.15) is 12.5 Å². The molecule has 0 aromatic carbocycles. The van der Waals surface area contributed by atoms with Crippen LogP contribution in [0.2, 0.25) is 0 Å². The molecule has 2 aromatic heterocycles. The van der Waals surface area contributed by atoms with Crippen molar-refractivity contribution in [3.05, 3.63) is 34.7 Å². The van der Waals surface area contributed by atoms with E-state index < -0.39 is 0 Å². The molecule has 0 amide bonds. The predicted molar refractivity (Wildman–Crippen MR) is 72.7 cm³/mol. The lowest BCUT2D eigenvalue weighted by Gasteiger charge is -2.14. The summed E-state index contributed by atoms with van der Waals surface area (Å²) in [5.41, 5.74) is 1.36. The lowest BCUT2D eigenvalue weighted by Crippen LogP contribution is -2.18. The first-order chi connectivity index (χ1) is 8.28. The van der Waals surface area contributed by atoms with Gasteiger partial charge in [-0.3, -0.25) is 0 Å². The molecule has 17 heavy (non-hydrogen) atoms. The average Bonchev–Trinajstić information content (AvgIpc) is 2.82. The van der Waals surface area contributed by atoms with E-state index in [1.54, 1.807) is 17.5 Å². The summed E-state index contributed by atoms with van der Waals surface area (Å²) in [6.45, 7) is 2.15. The minimum Gasteiger partial charge on any atom is -0.367 e. The Bertz CT molecular complexity index is 455. The maximum absolute atomic E-state index is 4.33. The highest BCUT2D eigenvalue weighted by Gasteiger charge is 2.05. The van der Waals surface area contributed by atoms with Crippen molar-refractivity contribution in [3.8, 4) is 0 Å². The molecule has 90 valence electrons. The zero-order valence-corrected chi connectivity index (χ0v) is 10.8. The number of nitrogens with zero attached hydrogens (tertiary/aromatic N) is 2. The Hall–Kier alpha value is -1.62. The molecule has 1 atom stereocenters. The molecule has 0 aliphatic rings. The van der Waals surface area contributed by atoms with Crippen molar-refractivity contribution < 1.29 is 0 Å². The lowest BCUT2D eigenvalue weighted by molar-refractivity contribution is 0.786. The van der Waals surface area contributed by atoms with Crippen LogP contribution in [0, 0.1) is 0 Å². The molecular weight excluding hydrogens is 232 g/mol. The molecule has 2 aromatic rings. The fourth-order valence-corrected chi connectivity index (χ4v) is 2.31. The number of thiophene rings is 1. The van der Waals surface area contributed by atoms with E-state index in [2.05, 4.69) is 44.4 Å². The summed E-state index contributed by atoms with van der Waals surface area (Å²) in [4.78, 5) is 8.41. The van der Waals surface area contributed by atoms with Gasteiger partial charge in [0, 0.05) is 19.3 Å². The van der Waals surface area contributed by atoms with Gasteiger partial charge in [-0.15, -0.1) is 0 Å². The average molecular weight is 248 g/mol. The van der Waals surface area contributed by atoms with Gasteiger partial charge in [-0.05, 0) is 41.8 Å². The second kappa shape index (κ2) is 5.63. The summed E-state index contributed by atoms with van der Waals surface area (Å²) in [5.74, 6) is 1.49. The third kappa shape index (κ3) is 3.42. The first-order valence-corrected chi connectivity index (χ1v) is 6.50. The van der Waals surface area contributed by atoms with Crippen LogP contribution in [0.3, 0.4) is 0 Å². The van der Waals surface area contributed by atoms with Crippen molar-refractivity contribution in [1.82, 2.24) is 9.97 Å². The summed E-state index contributed by atoms with van der Waals surface area (Å²) in [6.07, 6.45) is 2.75. The molecule has 2 N–H and O–H groups in total. The van der Waals surface area contributed by atoms with E-state index >= 15 is 0 Å². The highest BCUT2D eigenvalue weighted by molar-refractivity contribution is 7.07. The smallest absolute Gasteiger partial charge is 0.224 e. The molecule has 1 unspecified atom stereocenters. The van der Waals surface area contributed by atoms with Crippen molar-refractivity contribution in [3.63, 3.8) is 0 Å².